The number of hydrogen-bond acceptors (Lipinski definition) is 2. The summed E-state index contributed by atoms with van der Waals surface area (Å²) in [7, 11) is 1.58. The Morgan fingerprint density at radius 1 is 0.872 bits per heavy atom. The van der Waals surface area contributed by atoms with Gasteiger partial charge in [-0.1, -0.05) is 80.4 Å². The van der Waals surface area contributed by atoms with E-state index >= 15 is 4.39 Å². The molecule has 0 aliphatic carbocycles. The average Bonchev–Trinajstić information content (AvgIpc) is 3.39. The van der Waals surface area contributed by atoms with Gasteiger partial charge in [0.1, 0.15) is 12.9 Å². The third kappa shape index (κ3) is 4.20. The molecule has 2 heterocycles. The van der Waals surface area contributed by atoms with Crippen LogP contribution in [-0.4, -0.2) is 0 Å². The SMILES string of the molecule is [2H]C([2H])([2H])C([2H])(c1c[n+](C)c(-c2c(C)ccc3c2sc2c(-c4cccc(-c5ccccc5)c4)c(C#N)ccc23)cc1F)C([2H])([2H])[2H]. The molecule has 0 saturated heterocycles. The largest absolute Gasteiger partial charge is 0.216 e. The van der Waals surface area contributed by atoms with E-state index < -0.39 is 31.0 Å². The van der Waals surface area contributed by atoms with Crippen molar-refractivity contribution in [2.75, 3.05) is 0 Å². The van der Waals surface area contributed by atoms with Crippen LogP contribution in [0.4, 0.5) is 4.39 Å². The van der Waals surface area contributed by atoms with E-state index in [-0.39, 0.29) is 0 Å². The molecule has 39 heavy (non-hydrogen) atoms. The van der Waals surface area contributed by atoms with Crippen LogP contribution in [0, 0.1) is 24.1 Å². The summed E-state index contributed by atoms with van der Waals surface area (Å²) in [5, 5.41) is 12.0. The van der Waals surface area contributed by atoms with Crippen LogP contribution in [0.15, 0.2) is 91.1 Å². The van der Waals surface area contributed by atoms with Crippen molar-refractivity contribution in [3.05, 3.63) is 114 Å². The molecule has 0 aliphatic heterocycles. The Labute approximate surface area is 242 Å². The lowest BCUT2D eigenvalue weighted by atomic mass is 9.94. The van der Waals surface area contributed by atoms with Gasteiger partial charge in [-0.2, -0.15) is 5.26 Å². The standard InChI is InChI=1S/C35H28FN2S/c1-21(2)29-20-38(4)31(18-30(29)36)32-22(3)13-15-27-28-16-14-26(19-37)33(35(28)39-34(27)32)25-12-8-11-24(17-25)23-9-6-5-7-10-23/h5-18,20-21H,1-4H3/q+1/i1D3,2D3,21D. The van der Waals surface area contributed by atoms with Gasteiger partial charge in [0.05, 0.1) is 22.8 Å². The van der Waals surface area contributed by atoms with E-state index in [0.29, 0.717) is 16.8 Å². The summed E-state index contributed by atoms with van der Waals surface area (Å²) >= 11 is 1.48. The summed E-state index contributed by atoms with van der Waals surface area (Å²) < 4.78 is 74.7. The molecule has 0 fully saturated rings. The molecule has 0 amide bonds. The minimum Gasteiger partial charge on any atom is -0.206 e. The molecule has 0 bridgehead atoms. The predicted molar refractivity (Wildman–Crippen MR) is 160 cm³/mol. The maximum Gasteiger partial charge on any atom is 0.216 e. The molecule has 0 saturated carbocycles. The van der Waals surface area contributed by atoms with E-state index in [1.54, 1.807) is 7.05 Å². The van der Waals surface area contributed by atoms with E-state index in [4.69, 9.17) is 9.60 Å². The number of hydrogen-bond donors (Lipinski definition) is 0. The van der Waals surface area contributed by atoms with Crippen molar-refractivity contribution in [1.82, 2.24) is 0 Å². The second-order valence-corrected chi connectivity index (χ2v) is 10.6. The second-order valence-electron chi connectivity index (χ2n) is 9.57. The monoisotopic (exact) mass is 534 g/mol. The van der Waals surface area contributed by atoms with Crippen molar-refractivity contribution < 1.29 is 18.6 Å². The highest BCUT2D eigenvalue weighted by Gasteiger charge is 2.24. The first-order chi connectivity index (χ1) is 21.7. The van der Waals surface area contributed by atoms with Gasteiger partial charge < -0.3 is 0 Å². The fourth-order valence-electron chi connectivity index (χ4n) is 5.24. The first kappa shape index (κ1) is 18.0. The maximum absolute atomic E-state index is 15.9. The third-order valence-corrected chi connectivity index (χ3v) is 8.40. The van der Waals surface area contributed by atoms with Crippen molar-refractivity contribution in [2.24, 2.45) is 7.05 Å². The summed E-state index contributed by atoms with van der Waals surface area (Å²) in [6, 6.07) is 29.1. The lowest BCUT2D eigenvalue weighted by Gasteiger charge is -2.10. The third-order valence-electron chi connectivity index (χ3n) is 7.15. The smallest absolute Gasteiger partial charge is 0.206 e. The number of thiophene rings is 1. The Morgan fingerprint density at radius 3 is 2.31 bits per heavy atom. The highest BCUT2D eigenvalue weighted by molar-refractivity contribution is 7.27. The van der Waals surface area contributed by atoms with Gasteiger partial charge in [0.25, 0.3) is 0 Å². The predicted octanol–water partition coefficient (Wildman–Crippen LogP) is 9.32. The molecular weight excluding hydrogens is 499 g/mol. The van der Waals surface area contributed by atoms with Crippen LogP contribution in [0.5, 0.6) is 0 Å². The quantitative estimate of drug-likeness (QED) is 0.207. The van der Waals surface area contributed by atoms with Crippen LogP contribution < -0.4 is 4.57 Å². The van der Waals surface area contributed by atoms with Crippen molar-refractivity contribution in [3.8, 4) is 39.6 Å². The molecule has 6 aromatic rings. The topological polar surface area (TPSA) is 27.7 Å². The molecule has 6 rings (SSSR count). The van der Waals surface area contributed by atoms with Gasteiger partial charge in [0, 0.05) is 41.4 Å². The summed E-state index contributed by atoms with van der Waals surface area (Å²) in [4.78, 5) is 0. The molecule has 0 radical (unpaired) electrons. The zero-order valence-corrected chi connectivity index (χ0v) is 22.2. The van der Waals surface area contributed by atoms with Gasteiger partial charge >= 0.3 is 0 Å². The van der Waals surface area contributed by atoms with Crippen LogP contribution in [-0.2, 0) is 7.05 Å². The first-order valence-corrected chi connectivity index (χ1v) is 13.2. The van der Waals surface area contributed by atoms with Gasteiger partial charge in [-0.3, -0.25) is 0 Å². The Kier molecular flexibility index (Phi) is 4.52. The Balaban J connectivity index is 1.61. The highest BCUT2D eigenvalue weighted by Crippen LogP contribution is 2.46. The van der Waals surface area contributed by atoms with Crippen molar-refractivity contribution in [3.63, 3.8) is 0 Å². The van der Waals surface area contributed by atoms with Gasteiger partial charge in [-0.25, -0.2) is 8.96 Å². The number of fused-ring (bicyclic) bond motifs is 3. The number of nitrogens with zero attached hydrogens (tertiary/aromatic N) is 2. The van der Waals surface area contributed by atoms with E-state index in [9.17, 15) is 5.26 Å². The zero-order chi connectivity index (χ0) is 33.2. The van der Waals surface area contributed by atoms with Crippen LogP contribution in [0.3, 0.4) is 0 Å². The highest BCUT2D eigenvalue weighted by atomic mass is 32.1. The van der Waals surface area contributed by atoms with Gasteiger partial charge in [-0.05, 0) is 47.2 Å². The number of rotatable bonds is 4. The fourth-order valence-corrected chi connectivity index (χ4v) is 6.72. The van der Waals surface area contributed by atoms with E-state index in [2.05, 4.69) is 12.1 Å². The Hall–Kier alpha value is -4.33. The summed E-state index contributed by atoms with van der Waals surface area (Å²) in [5.41, 5.74) is 5.44. The molecule has 2 nitrogen and oxygen atoms in total. The van der Waals surface area contributed by atoms with Gasteiger partial charge in [-0.15, -0.1) is 11.3 Å². The number of aromatic nitrogens is 1. The van der Waals surface area contributed by atoms with Crippen molar-refractivity contribution >= 4 is 31.5 Å². The molecule has 190 valence electrons. The van der Waals surface area contributed by atoms with E-state index in [1.165, 1.54) is 15.9 Å². The first-order valence-electron chi connectivity index (χ1n) is 15.9. The molecule has 0 spiro atoms. The van der Waals surface area contributed by atoms with E-state index in [1.807, 2.05) is 79.7 Å². The second kappa shape index (κ2) is 9.76. The summed E-state index contributed by atoms with van der Waals surface area (Å²) in [5.74, 6) is -4.26. The molecule has 4 aromatic carbocycles. The van der Waals surface area contributed by atoms with Crippen LogP contribution in [0.25, 0.3) is 53.7 Å². The number of nitriles is 1. The lowest BCUT2D eigenvalue weighted by molar-refractivity contribution is -0.661. The van der Waals surface area contributed by atoms with Gasteiger partial charge in [0.2, 0.25) is 5.69 Å². The normalized spacial score (nSPS) is 15.0. The Morgan fingerprint density at radius 2 is 1.56 bits per heavy atom. The lowest BCUT2D eigenvalue weighted by Crippen LogP contribution is -2.32. The minimum atomic E-state index is -3.32. The number of halogens is 1. The fraction of sp³-hybridized carbons (Fsp3) is 0.143. The zero-order valence-electron chi connectivity index (χ0n) is 28.3. The van der Waals surface area contributed by atoms with E-state index in [0.717, 1.165) is 60.3 Å². The molecule has 4 heteroatoms. The molecule has 2 aromatic heterocycles. The average molecular weight is 535 g/mol. The maximum atomic E-state index is 15.9. The van der Waals surface area contributed by atoms with Crippen molar-refractivity contribution in [1.29, 1.82) is 5.26 Å². The van der Waals surface area contributed by atoms with Crippen LogP contribution >= 0.6 is 11.3 Å². The van der Waals surface area contributed by atoms with Crippen LogP contribution in [0.1, 0.15) is 45.9 Å². The molecular formula is C35H28FN2S+. The summed E-state index contributed by atoms with van der Waals surface area (Å²) in [6.07, 6.45) is 1.11. The molecule has 0 atom stereocenters. The minimum absolute atomic E-state index is 0.391. The summed E-state index contributed by atoms with van der Waals surface area (Å²) in [6.45, 7) is -4.75. The number of aryl methyl sites for hydroxylation is 2. The molecule has 0 unspecified atom stereocenters. The Bertz CT molecular complexity index is 2180. The molecule has 0 N–H and O–H groups in total. The molecule has 0 aliphatic rings. The number of pyridine rings is 1. The van der Waals surface area contributed by atoms with Crippen molar-refractivity contribution in [2.45, 2.75) is 26.5 Å². The van der Waals surface area contributed by atoms with Gasteiger partial charge in [0.15, 0.2) is 6.20 Å². The number of benzene rings is 4. The van der Waals surface area contributed by atoms with Crippen LogP contribution in [0.2, 0.25) is 0 Å².